The normalized spacial score (nSPS) is 11.6. The van der Waals surface area contributed by atoms with Crippen LogP contribution in [-0.2, 0) is 9.53 Å². The SMILES string of the molecule is CCCC(NC(=O)COC(=O)c1ccc([N+](=O)[O-])s1)c1ccccc1. The number of carbonyl (C=O) groups excluding carboxylic acids is 2. The van der Waals surface area contributed by atoms with Crippen molar-refractivity contribution in [3.8, 4) is 0 Å². The zero-order valence-electron chi connectivity index (χ0n) is 13.6. The summed E-state index contributed by atoms with van der Waals surface area (Å²) in [5.74, 6) is -1.17. The molecule has 132 valence electrons. The summed E-state index contributed by atoms with van der Waals surface area (Å²) in [6, 6.07) is 11.9. The largest absolute Gasteiger partial charge is 0.451 e. The molecule has 0 spiro atoms. The molecule has 2 aromatic rings. The number of rotatable bonds is 8. The quantitative estimate of drug-likeness (QED) is 0.440. The molecule has 2 rings (SSSR count). The van der Waals surface area contributed by atoms with E-state index in [1.54, 1.807) is 0 Å². The number of esters is 1. The molecular weight excluding hydrogens is 344 g/mol. The first-order valence-electron chi connectivity index (χ1n) is 7.77. The van der Waals surface area contributed by atoms with Crippen molar-refractivity contribution in [2.75, 3.05) is 6.61 Å². The molecule has 25 heavy (non-hydrogen) atoms. The van der Waals surface area contributed by atoms with Crippen molar-refractivity contribution in [2.24, 2.45) is 0 Å². The topological polar surface area (TPSA) is 98.5 Å². The van der Waals surface area contributed by atoms with E-state index in [4.69, 9.17) is 4.74 Å². The first kappa shape index (κ1) is 18.6. The molecule has 1 amide bonds. The average Bonchev–Trinajstić information content (AvgIpc) is 3.10. The lowest BCUT2D eigenvalue weighted by atomic mass is 10.0. The maximum absolute atomic E-state index is 12.1. The van der Waals surface area contributed by atoms with Gasteiger partial charge in [-0.05, 0) is 18.1 Å². The Hall–Kier alpha value is -2.74. The van der Waals surface area contributed by atoms with Crippen LogP contribution in [0.4, 0.5) is 5.00 Å². The summed E-state index contributed by atoms with van der Waals surface area (Å²) in [5, 5.41) is 13.3. The van der Waals surface area contributed by atoms with E-state index in [1.807, 2.05) is 37.3 Å². The van der Waals surface area contributed by atoms with E-state index in [1.165, 1.54) is 12.1 Å². The summed E-state index contributed by atoms with van der Waals surface area (Å²) in [4.78, 5) is 34.0. The Labute approximate surface area is 148 Å². The van der Waals surface area contributed by atoms with Gasteiger partial charge in [0.1, 0.15) is 4.88 Å². The first-order valence-corrected chi connectivity index (χ1v) is 8.58. The Kier molecular flexibility index (Phi) is 6.64. The minimum Gasteiger partial charge on any atom is -0.451 e. The molecule has 8 heteroatoms. The average molecular weight is 362 g/mol. The van der Waals surface area contributed by atoms with Crippen molar-refractivity contribution in [3.63, 3.8) is 0 Å². The predicted octanol–water partition coefficient (Wildman–Crippen LogP) is 3.47. The highest BCUT2D eigenvalue weighted by molar-refractivity contribution is 7.17. The molecule has 0 bridgehead atoms. The van der Waals surface area contributed by atoms with Gasteiger partial charge in [-0.25, -0.2) is 4.79 Å². The maximum atomic E-state index is 12.1. The van der Waals surface area contributed by atoms with Crippen LogP contribution >= 0.6 is 11.3 Å². The van der Waals surface area contributed by atoms with Gasteiger partial charge in [0.05, 0.1) is 11.0 Å². The molecule has 1 N–H and O–H groups in total. The van der Waals surface area contributed by atoms with Gasteiger partial charge in [-0.1, -0.05) is 55.0 Å². The number of amides is 1. The van der Waals surface area contributed by atoms with Gasteiger partial charge >= 0.3 is 11.0 Å². The first-order chi connectivity index (χ1) is 12.0. The van der Waals surface area contributed by atoms with Gasteiger partial charge in [-0.15, -0.1) is 0 Å². The zero-order chi connectivity index (χ0) is 18.2. The number of nitrogens with one attached hydrogen (secondary N) is 1. The minimum atomic E-state index is -0.750. The van der Waals surface area contributed by atoms with Crippen LogP contribution in [0.1, 0.15) is 41.0 Å². The van der Waals surface area contributed by atoms with E-state index < -0.39 is 23.4 Å². The van der Waals surface area contributed by atoms with Gasteiger partial charge in [0.2, 0.25) is 0 Å². The van der Waals surface area contributed by atoms with Crippen LogP contribution in [-0.4, -0.2) is 23.4 Å². The molecule has 0 radical (unpaired) electrons. The van der Waals surface area contributed by atoms with Crippen LogP contribution in [0, 0.1) is 10.1 Å². The fourth-order valence-corrected chi connectivity index (χ4v) is 2.98. The van der Waals surface area contributed by atoms with Crippen LogP contribution in [0.15, 0.2) is 42.5 Å². The van der Waals surface area contributed by atoms with Gasteiger partial charge in [0.25, 0.3) is 5.91 Å². The number of carbonyl (C=O) groups is 2. The summed E-state index contributed by atoms with van der Waals surface area (Å²) in [6.45, 7) is 1.59. The van der Waals surface area contributed by atoms with Crippen molar-refractivity contribution in [1.82, 2.24) is 5.32 Å². The predicted molar refractivity (Wildman–Crippen MR) is 93.5 cm³/mol. The van der Waals surface area contributed by atoms with Crippen LogP contribution in [0.5, 0.6) is 0 Å². The lowest BCUT2D eigenvalue weighted by Gasteiger charge is -2.18. The van der Waals surface area contributed by atoms with Crippen LogP contribution < -0.4 is 5.32 Å². The summed E-state index contributed by atoms with van der Waals surface area (Å²) < 4.78 is 4.93. The number of ether oxygens (including phenoxy) is 1. The Bertz CT molecular complexity index is 745. The summed E-state index contributed by atoms with van der Waals surface area (Å²) in [7, 11) is 0. The minimum absolute atomic E-state index is 0.0904. The zero-order valence-corrected chi connectivity index (χ0v) is 14.5. The van der Waals surface area contributed by atoms with Gasteiger partial charge in [-0.3, -0.25) is 14.9 Å². The van der Waals surface area contributed by atoms with E-state index in [9.17, 15) is 19.7 Å². The summed E-state index contributed by atoms with van der Waals surface area (Å²) in [6.07, 6.45) is 1.65. The Balaban J connectivity index is 1.90. The Morgan fingerprint density at radius 2 is 1.96 bits per heavy atom. The van der Waals surface area contributed by atoms with Gasteiger partial charge < -0.3 is 10.1 Å². The third-order valence-corrected chi connectivity index (χ3v) is 4.44. The molecule has 0 saturated carbocycles. The smallest absolute Gasteiger partial charge is 0.349 e. The monoisotopic (exact) mass is 362 g/mol. The molecule has 7 nitrogen and oxygen atoms in total. The Morgan fingerprint density at radius 1 is 1.24 bits per heavy atom. The molecule has 0 aliphatic carbocycles. The van der Waals surface area contributed by atoms with Gasteiger partial charge in [0, 0.05) is 6.07 Å². The third-order valence-electron chi connectivity index (χ3n) is 3.42. The van der Waals surface area contributed by atoms with Crippen molar-refractivity contribution >= 4 is 28.2 Å². The molecule has 0 fully saturated rings. The standard InChI is InChI=1S/C17H18N2O5S/c1-2-6-13(12-7-4-3-5-8-12)18-15(20)11-24-17(21)14-9-10-16(25-14)19(22)23/h3-5,7-10,13H,2,6,11H2,1H3,(H,18,20). The van der Waals surface area contributed by atoms with E-state index >= 15 is 0 Å². The molecule has 0 aliphatic rings. The van der Waals surface area contributed by atoms with Crippen LogP contribution in [0.3, 0.4) is 0 Å². The van der Waals surface area contributed by atoms with Gasteiger partial charge in [-0.2, -0.15) is 0 Å². The lowest BCUT2D eigenvalue weighted by Crippen LogP contribution is -2.32. The van der Waals surface area contributed by atoms with E-state index in [-0.39, 0.29) is 15.9 Å². The van der Waals surface area contributed by atoms with Crippen molar-refractivity contribution < 1.29 is 19.2 Å². The van der Waals surface area contributed by atoms with Crippen LogP contribution in [0.25, 0.3) is 0 Å². The third kappa shape index (κ3) is 5.39. The number of benzene rings is 1. The fourth-order valence-electron chi connectivity index (χ4n) is 2.27. The number of thiophene rings is 1. The van der Waals surface area contributed by atoms with E-state index in [0.717, 1.165) is 18.4 Å². The number of nitrogens with zero attached hydrogens (tertiary/aromatic N) is 1. The van der Waals surface area contributed by atoms with Crippen molar-refractivity contribution in [1.29, 1.82) is 0 Å². The molecule has 0 aliphatic heterocycles. The molecule has 1 unspecified atom stereocenters. The molecule has 1 atom stereocenters. The highest BCUT2D eigenvalue weighted by Gasteiger charge is 2.19. The second-order valence-electron chi connectivity index (χ2n) is 5.29. The van der Waals surface area contributed by atoms with Crippen molar-refractivity contribution in [2.45, 2.75) is 25.8 Å². The molecule has 1 heterocycles. The second-order valence-corrected chi connectivity index (χ2v) is 6.35. The van der Waals surface area contributed by atoms with Crippen LogP contribution in [0.2, 0.25) is 0 Å². The molecule has 1 aromatic heterocycles. The fraction of sp³-hybridized carbons (Fsp3) is 0.294. The second kappa shape index (κ2) is 8.93. The van der Waals surface area contributed by atoms with E-state index in [0.29, 0.717) is 11.3 Å². The highest BCUT2D eigenvalue weighted by atomic mass is 32.1. The number of hydrogen-bond donors (Lipinski definition) is 1. The van der Waals surface area contributed by atoms with Gasteiger partial charge in [0.15, 0.2) is 6.61 Å². The molecule has 1 aromatic carbocycles. The number of hydrogen-bond acceptors (Lipinski definition) is 6. The molecular formula is C17H18N2O5S. The number of nitro groups is 1. The summed E-state index contributed by atoms with van der Waals surface area (Å²) in [5.41, 5.74) is 0.984. The molecule has 0 saturated heterocycles. The maximum Gasteiger partial charge on any atom is 0.349 e. The van der Waals surface area contributed by atoms with Crippen molar-refractivity contribution in [3.05, 3.63) is 63.0 Å². The Morgan fingerprint density at radius 3 is 2.56 bits per heavy atom. The lowest BCUT2D eigenvalue weighted by molar-refractivity contribution is -0.380. The summed E-state index contributed by atoms with van der Waals surface area (Å²) >= 11 is 0.714. The van der Waals surface area contributed by atoms with E-state index in [2.05, 4.69) is 5.32 Å². The highest BCUT2D eigenvalue weighted by Crippen LogP contribution is 2.24.